The van der Waals surface area contributed by atoms with E-state index in [1.807, 2.05) is 67.5 Å². The van der Waals surface area contributed by atoms with Crippen molar-refractivity contribution in [1.29, 1.82) is 0 Å². The minimum Gasteiger partial charge on any atom is -0.491 e. The molecule has 1 atom stereocenters. The van der Waals surface area contributed by atoms with Gasteiger partial charge in [-0.25, -0.2) is 4.98 Å². The zero-order chi connectivity index (χ0) is 27.4. The van der Waals surface area contributed by atoms with E-state index in [9.17, 15) is 14.7 Å². The normalized spacial score (nSPS) is 13.2. The van der Waals surface area contributed by atoms with Crippen LogP contribution in [0.5, 0.6) is 5.75 Å². The summed E-state index contributed by atoms with van der Waals surface area (Å²) in [5.74, 6) is 0.264. The van der Waals surface area contributed by atoms with Gasteiger partial charge in [-0.3, -0.25) is 9.59 Å². The quantitative estimate of drug-likeness (QED) is 0.271. The second kappa shape index (κ2) is 12.0. The molecule has 3 N–H and O–H groups in total. The Hall–Kier alpha value is -3.70. The third-order valence-electron chi connectivity index (χ3n) is 5.94. The Morgan fingerprint density at radius 3 is 2.69 bits per heavy atom. The average Bonchev–Trinajstić information content (AvgIpc) is 3.35. The number of aromatic nitrogens is 1. The molecular weight excluding hydrogens is 532 g/mol. The molecule has 0 bridgehead atoms. The van der Waals surface area contributed by atoms with Crippen LogP contribution in [0.4, 0.5) is 5.69 Å². The number of aliphatic hydroxyl groups is 1. The fourth-order valence-corrected chi connectivity index (χ4v) is 5.93. The largest absolute Gasteiger partial charge is 0.491 e. The van der Waals surface area contributed by atoms with Gasteiger partial charge in [0.2, 0.25) is 0 Å². The fraction of sp³-hybridized carbons (Fsp3) is 0.207. The minimum absolute atomic E-state index is 0.187. The molecule has 1 unspecified atom stereocenters. The van der Waals surface area contributed by atoms with Crippen molar-refractivity contribution in [2.75, 3.05) is 32.6 Å². The number of nitrogens with zero attached hydrogens (tertiary/aromatic N) is 2. The van der Waals surface area contributed by atoms with Crippen molar-refractivity contribution in [3.8, 4) is 16.3 Å². The molecule has 39 heavy (non-hydrogen) atoms. The average molecular weight is 561 g/mol. The Kier molecular flexibility index (Phi) is 8.27. The smallest absolute Gasteiger partial charge is 0.256 e. The van der Waals surface area contributed by atoms with Crippen LogP contribution in [0.3, 0.4) is 0 Å². The first kappa shape index (κ1) is 26.9. The molecule has 0 saturated heterocycles. The third kappa shape index (κ3) is 6.66. The predicted molar refractivity (Wildman–Crippen MR) is 154 cm³/mol. The van der Waals surface area contributed by atoms with Crippen LogP contribution in [0, 0.1) is 0 Å². The number of nitrogens with one attached hydrogen (secondary N) is 2. The summed E-state index contributed by atoms with van der Waals surface area (Å²) >= 11 is 3.00. The van der Waals surface area contributed by atoms with E-state index in [0.717, 1.165) is 25.2 Å². The summed E-state index contributed by atoms with van der Waals surface area (Å²) < 4.78 is 5.67. The molecule has 3 aromatic carbocycles. The number of aliphatic hydroxyl groups excluding tert-OH is 1. The van der Waals surface area contributed by atoms with E-state index >= 15 is 0 Å². The molecule has 2 heterocycles. The van der Waals surface area contributed by atoms with Gasteiger partial charge in [0.1, 0.15) is 23.5 Å². The van der Waals surface area contributed by atoms with Crippen molar-refractivity contribution in [3.63, 3.8) is 0 Å². The first-order chi connectivity index (χ1) is 18.9. The summed E-state index contributed by atoms with van der Waals surface area (Å²) in [5.41, 5.74) is 2.65. The third-order valence-corrected chi connectivity index (χ3v) is 8.14. The second-order valence-electron chi connectivity index (χ2n) is 9.33. The molecule has 0 saturated carbocycles. The van der Waals surface area contributed by atoms with Crippen LogP contribution in [-0.2, 0) is 6.54 Å². The molecule has 10 heteroatoms. The van der Waals surface area contributed by atoms with Crippen molar-refractivity contribution in [2.45, 2.75) is 22.4 Å². The molecule has 0 spiro atoms. The standard InChI is InChI=1S/C29H28N4O4S2/c1-33(2)16-20(34)17-37-21-10-7-18(8-11-21)29-31-15-22(38-29)14-30-27(35)19-9-12-26-24(13-19)32-28(36)23-5-3-4-6-25(23)39-26/h3-13,15,20,34H,14,16-17H2,1-2H3,(H,30,35)(H,32,36). The van der Waals surface area contributed by atoms with Gasteiger partial charge >= 0.3 is 0 Å². The van der Waals surface area contributed by atoms with Crippen LogP contribution in [0.1, 0.15) is 25.6 Å². The zero-order valence-electron chi connectivity index (χ0n) is 21.5. The van der Waals surface area contributed by atoms with E-state index in [-0.39, 0.29) is 18.4 Å². The van der Waals surface area contributed by atoms with Gasteiger partial charge in [-0.1, -0.05) is 23.9 Å². The number of amides is 2. The summed E-state index contributed by atoms with van der Waals surface area (Å²) in [6.07, 6.45) is 1.20. The molecule has 1 aromatic heterocycles. The number of ether oxygens (including phenoxy) is 1. The Balaban J connectivity index is 1.17. The number of anilines is 1. The fourth-order valence-electron chi connectivity index (χ4n) is 4.06. The van der Waals surface area contributed by atoms with Gasteiger partial charge < -0.3 is 25.4 Å². The van der Waals surface area contributed by atoms with Gasteiger partial charge in [0, 0.05) is 38.5 Å². The molecule has 8 nitrogen and oxygen atoms in total. The van der Waals surface area contributed by atoms with Crippen LogP contribution in [0.2, 0.25) is 0 Å². The van der Waals surface area contributed by atoms with Crippen LogP contribution in [-0.4, -0.2) is 60.2 Å². The molecule has 5 rings (SSSR count). The highest BCUT2D eigenvalue weighted by Crippen LogP contribution is 2.39. The monoisotopic (exact) mass is 560 g/mol. The summed E-state index contributed by atoms with van der Waals surface area (Å²) in [7, 11) is 3.81. The maximum atomic E-state index is 12.9. The van der Waals surface area contributed by atoms with Crippen molar-refractivity contribution < 1.29 is 19.4 Å². The Bertz CT molecular complexity index is 1490. The maximum Gasteiger partial charge on any atom is 0.256 e. The number of thiazole rings is 1. The number of benzene rings is 3. The van der Waals surface area contributed by atoms with Crippen LogP contribution >= 0.6 is 23.1 Å². The lowest BCUT2D eigenvalue weighted by Gasteiger charge is -2.16. The molecule has 4 aromatic rings. The number of hydrogen-bond acceptors (Lipinski definition) is 8. The van der Waals surface area contributed by atoms with Crippen molar-refractivity contribution in [3.05, 3.63) is 88.9 Å². The Morgan fingerprint density at radius 1 is 1.10 bits per heavy atom. The molecule has 1 aliphatic rings. The lowest BCUT2D eigenvalue weighted by Crippen LogP contribution is -2.30. The van der Waals surface area contributed by atoms with Crippen LogP contribution in [0.25, 0.3) is 10.6 Å². The topological polar surface area (TPSA) is 104 Å². The highest BCUT2D eigenvalue weighted by molar-refractivity contribution is 7.99. The number of carbonyl (C=O) groups excluding carboxylic acids is 2. The van der Waals surface area contributed by atoms with Gasteiger partial charge in [0.25, 0.3) is 11.8 Å². The molecule has 1 aliphatic heterocycles. The number of likely N-dealkylation sites (N-methyl/N-ethyl adjacent to an activating group) is 1. The highest BCUT2D eigenvalue weighted by atomic mass is 32.2. The van der Waals surface area contributed by atoms with Crippen LogP contribution in [0.15, 0.2) is 82.7 Å². The summed E-state index contributed by atoms with van der Waals surface area (Å²) in [4.78, 5) is 34.6. The van der Waals surface area contributed by atoms with Crippen LogP contribution < -0.4 is 15.4 Å². The van der Waals surface area contributed by atoms with E-state index in [1.54, 1.807) is 24.4 Å². The lowest BCUT2D eigenvalue weighted by atomic mass is 10.1. The number of carbonyl (C=O) groups is 2. The van der Waals surface area contributed by atoms with Crippen molar-refractivity contribution in [2.24, 2.45) is 0 Å². The summed E-state index contributed by atoms with van der Waals surface area (Å²) in [6, 6.07) is 20.3. The van der Waals surface area contributed by atoms with E-state index in [1.165, 1.54) is 23.1 Å². The minimum atomic E-state index is -0.558. The Morgan fingerprint density at radius 2 is 1.90 bits per heavy atom. The first-order valence-electron chi connectivity index (χ1n) is 12.4. The summed E-state index contributed by atoms with van der Waals surface area (Å²) in [5, 5.41) is 16.7. The molecule has 200 valence electrons. The number of rotatable bonds is 9. The van der Waals surface area contributed by atoms with Crippen molar-refractivity contribution >= 4 is 40.6 Å². The van der Waals surface area contributed by atoms with Gasteiger partial charge in [0.05, 0.1) is 17.8 Å². The first-order valence-corrected chi connectivity index (χ1v) is 14.0. The van der Waals surface area contributed by atoms with Gasteiger partial charge in [0.15, 0.2) is 0 Å². The zero-order valence-corrected chi connectivity index (χ0v) is 23.1. The van der Waals surface area contributed by atoms with E-state index in [4.69, 9.17) is 4.74 Å². The second-order valence-corrected chi connectivity index (χ2v) is 11.5. The van der Waals surface area contributed by atoms with E-state index in [2.05, 4.69) is 15.6 Å². The highest BCUT2D eigenvalue weighted by Gasteiger charge is 2.21. The number of fused-ring (bicyclic) bond motifs is 2. The lowest BCUT2D eigenvalue weighted by molar-refractivity contribution is 0.0831. The predicted octanol–water partition coefficient (Wildman–Crippen LogP) is 4.76. The maximum absolute atomic E-state index is 12.9. The van der Waals surface area contributed by atoms with Gasteiger partial charge in [-0.05, 0) is 68.7 Å². The van der Waals surface area contributed by atoms with E-state index in [0.29, 0.717) is 35.7 Å². The van der Waals surface area contributed by atoms with Crippen molar-refractivity contribution in [1.82, 2.24) is 15.2 Å². The molecule has 0 fully saturated rings. The van der Waals surface area contributed by atoms with Gasteiger partial charge in [-0.2, -0.15) is 0 Å². The Labute approximate surface area is 235 Å². The summed E-state index contributed by atoms with van der Waals surface area (Å²) in [6.45, 7) is 1.10. The SMILES string of the molecule is CN(C)CC(O)COc1ccc(-c2ncc(CNC(=O)c3ccc4c(c3)NC(=O)c3ccccc3S4)s2)cc1. The van der Waals surface area contributed by atoms with E-state index < -0.39 is 6.10 Å². The molecule has 0 aliphatic carbocycles. The van der Waals surface area contributed by atoms with Gasteiger partial charge in [-0.15, -0.1) is 11.3 Å². The number of hydrogen-bond donors (Lipinski definition) is 3. The molecular formula is C29H28N4O4S2. The molecule has 0 radical (unpaired) electrons. The molecule has 2 amide bonds.